The summed E-state index contributed by atoms with van der Waals surface area (Å²) in [4.78, 5) is 0. The Morgan fingerprint density at radius 3 is 1.63 bits per heavy atom. The lowest BCUT2D eigenvalue weighted by atomic mass is 9.75. The Labute approximate surface area is 310 Å². The number of hydrazine groups is 1. The lowest BCUT2D eigenvalue weighted by molar-refractivity contribution is -0.216. The van der Waals surface area contributed by atoms with Gasteiger partial charge in [0.25, 0.3) is 0 Å². The lowest BCUT2D eigenvalue weighted by Gasteiger charge is -2.46. The van der Waals surface area contributed by atoms with E-state index in [4.69, 9.17) is 31.4 Å². The molecule has 2 fully saturated rings. The molecule has 2 aliphatic rings. The highest BCUT2D eigenvalue weighted by Crippen LogP contribution is 2.32. The summed E-state index contributed by atoms with van der Waals surface area (Å²) in [7, 11) is 0. The van der Waals surface area contributed by atoms with Crippen molar-refractivity contribution in [2.75, 3.05) is 6.54 Å². The van der Waals surface area contributed by atoms with Crippen LogP contribution in [0.25, 0.3) is 21.5 Å². The third-order valence-electron chi connectivity index (χ3n) is 9.07. The first-order chi connectivity index (χ1) is 24.9. The number of hydrogen-bond acceptors (Lipinski definition) is 11. The predicted octanol–water partition coefficient (Wildman–Crippen LogP) is 4.38. The van der Waals surface area contributed by atoms with E-state index in [1.54, 1.807) is 6.92 Å². The zero-order valence-electron chi connectivity index (χ0n) is 32.1. The molecule has 1 aliphatic carbocycles. The number of benzene rings is 4. The molecule has 11 heteroatoms. The third kappa shape index (κ3) is 12.3. The van der Waals surface area contributed by atoms with E-state index in [0.717, 1.165) is 16.5 Å². The molecule has 1 aliphatic heterocycles. The van der Waals surface area contributed by atoms with Crippen LogP contribution in [0.5, 0.6) is 0 Å². The highest BCUT2D eigenvalue weighted by atomic mass is 16.6. The quantitative estimate of drug-likeness (QED) is 0.0988. The Hall–Kier alpha value is -3.04. The van der Waals surface area contributed by atoms with Crippen molar-refractivity contribution in [3.05, 3.63) is 96.1 Å². The van der Waals surface area contributed by atoms with Crippen molar-refractivity contribution in [2.24, 2.45) is 28.9 Å². The van der Waals surface area contributed by atoms with Crippen molar-refractivity contribution in [1.82, 2.24) is 0 Å². The molecule has 4 aromatic carbocycles. The van der Waals surface area contributed by atoms with E-state index < -0.39 is 36.0 Å². The van der Waals surface area contributed by atoms with E-state index in [1.165, 1.54) is 16.2 Å². The number of nitrogens with two attached hydrogens (primary N) is 5. The molecular weight excluding hydrogens is 658 g/mol. The highest BCUT2D eigenvalue weighted by Gasteiger charge is 2.48. The van der Waals surface area contributed by atoms with Gasteiger partial charge in [-0.1, -0.05) is 100 Å². The van der Waals surface area contributed by atoms with Gasteiger partial charge in [-0.2, -0.15) is 0 Å². The molecule has 0 aromatic heterocycles. The summed E-state index contributed by atoms with van der Waals surface area (Å²) in [6, 6.07) is 28.1. The van der Waals surface area contributed by atoms with Crippen LogP contribution in [-0.2, 0) is 27.4 Å². The molecule has 6 rings (SSSR count). The minimum absolute atomic E-state index is 0.283. The summed E-state index contributed by atoms with van der Waals surface area (Å²) >= 11 is 0. The minimum atomic E-state index is -1.09. The topological polar surface area (TPSA) is 218 Å². The molecule has 290 valence electrons. The second-order valence-corrected chi connectivity index (χ2v) is 13.6. The van der Waals surface area contributed by atoms with Crippen molar-refractivity contribution in [2.45, 2.75) is 128 Å². The molecule has 6 unspecified atom stereocenters. The number of fused-ring (bicyclic) bond motifs is 2. The van der Waals surface area contributed by atoms with E-state index >= 15 is 0 Å². The monoisotopic (exact) mass is 723 g/mol. The molecule has 13 N–H and O–H groups in total. The normalized spacial score (nSPS) is 27.7. The maximum Gasteiger partial charge on any atom is 0.111 e. The fraction of sp³-hybridized carbons (Fsp3) is 0.512. The van der Waals surface area contributed by atoms with Gasteiger partial charge >= 0.3 is 0 Å². The van der Waals surface area contributed by atoms with Crippen LogP contribution in [-0.4, -0.2) is 75.7 Å². The number of aliphatic hydroxyl groups is 3. The first-order valence-electron chi connectivity index (χ1n) is 18.4. The third-order valence-corrected chi connectivity index (χ3v) is 9.07. The van der Waals surface area contributed by atoms with Gasteiger partial charge in [0.05, 0.1) is 37.1 Å². The van der Waals surface area contributed by atoms with Crippen LogP contribution in [0, 0.1) is 0 Å². The van der Waals surface area contributed by atoms with Crippen molar-refractivity contribution < 1.29 is 29.5 Å². The number of rotatable bonds is 7. The summed E-state index contributed by atoms with van der Waals surface area (Å²) in [5.74, 6) is 8.00. The van der Waals surface area contributed by atoms with Gasteiger partial charge in [0.1, 0.15) is 18.3 Å². The molecule has 4 aromatic rings. The zero-order valence-corrected chi connectivity index (χ0v) is 32.1. The summed E-state index contributed by atoms with van der Waals surface area (Å²) < 4.78 is 17.8. The van der Waals surface area contributed by atoms with E-state index in [-0.39, 0.29) is 17.8 Å². The van der Waals surface area contributed by atoms with Gasteiger partial charge in [-0.15, -0.1) is 0 Å². The van der Waals surface area contributed by atoms with Crippen LogP contribution in [0.15, 0.2) is 84.9 Å². The maximum atomic E-state index is 10.4. The van der Waals surface area contributed by atoms with E-state index in [2.05, 4.69) is 54.1 Å². The highest BCUT2D eigenvalue weighted by molar-refractivity contribution is 5.83. The molecule has 52 heavy (non-hydrogen) atoms. The van der Waals surface area contributed by atoms with E-state index in [9.17, 15) is 15.3 Å². The Balaban J connectivity index is 0.000000315. The van der Waals surface area contributed by atoms with Crippen LogP contribution in [0.2, 0.25) is 0 Å². The standard InChI is InChI=1S/C19H25NO3.C18H24N2O3.2C2H6.H4N2/c1-19(2)10-16(21)18(17(11-20)23-19)22-12-13-7-8-14-5-3-4-6-15(14)9-13;1-18(20)9-14(19)15(21)16(22)17(18)23-10-11-6-7-12-4-2-3-5-13(12)8-11;3*1-2/h3-9,16-18,21H,10-12,20H2,1-2H3;2-8,14-17,21-22H,9-10,19-20H2,1H3;2*1-2H3;1-2H2/t16-,17?,18?;14?,15?,16?,17-,18?;;;/m10.../s1. The Morgan fingerprint density at radius 1 is 0.692 bits per heavy atom. The number of ether oxygens (including phenoxy) is 3. The van der Waals surface area contributed by atoms with Crippen molar-refractivity contribution in [3.63, 3.8) is 0 Å². The molecule has 1 saturated carbocycles. The average Bonchev–Trinajstić information content (AvgIpc) is 3.15. The van der Waals surface area contributed by atoms with Gasteiger partial charge < -0.3 is 46.7 Å². The van der Waals surface area contributed by atoms with Gasteiger partial charge in [0, 0.05) is 24.5 Å². The average molecular weight is 724 g/mol. The SMILES string of the molecule is CC.CC.CC1(C)C[C@@H](O)C(OCc2ccc3ccccc3c2)C(CN)O1.CC1(N)CC(N)C(O)C(O)[C@@H]1OCc1ccc2ccccc2c1.NN. The number of aliphatic hydroxyl groups excluding tert-OH is 3. The van der Waals surface area contributed by atoms with Crippen molar-refractivity contribution in [3.8, 4) is 0 Å². The zero-order chi connectivity index (χ0) is 39.1. The molecule has 11 nitrogen and oxygen atoms in total. The Kier molecular flexibility index (Phi) is 18.7. The van der Waals surface area contributed by atoms with Crippen molar-refractivity contribution >= 4 is 21.5 Å². The Morgan fingerprint density at radius 2 is 1.15 bits per heavy atom. The Bertz CT molecular complexity index is 1600. The first kappa shape index (κ1) is 45.1. The van der Waals surface area contributed by atoms with Gasteiger partial charge in [0.2, 0.25) is 0 Å². The largest absolute Gasteiger partial charge is 0.390 e. The molecule has 1 saturated heterocycles. The van der Waals surface area contributed by atoms with Gasteiger partial charge in [0.15, 0.2) is 0 Å². The van der Waals surface area contributed by atoms with Gasteiger partial charge in [-0.05, 0) is 72.0 Å². The predicted molar refractivity (Wildman–Crippen MR) is 212 cm³/mol. The summed E-state index contributed by atoms with van der Waals surface area (Å²) in [5, 5.41) is 35.3. The van der Waals surface area contributed by atoms with Gasteiger partial charge in [-0.25, -0.2) is 0 Å². The van der Waals surface area contributed by atoms with E-state index in [1.807, 2.05) is 84.0 Å². The summed E-state index contributed by atoms with van der Waals surface area (Å²) in [5.41, 5.74) is 18.8. The smallest absolute Gasteiger partial charge is 0.111 e. The van der Waals surface area contributed by atoms with Crippen LogP contribution < -0.4 is 28.9 Å². The summed E-state index contributed by atoms with van der Waals surface area (Å²) in [6.07, 6.45) is -3.06. The van der Waals surface area contributed by atoms with E-state index in [0.29, 0.717) is 32.6 Å². The van der Waals surface area contributed by atoms with Gasteiger partial charge in [-0.3, -0.25) is 11.7 Å². The molecule has 0 radical (unpaired) electrons. The molecular formula is C41H65N5O6. The molecule has 0 bridgehead atoms. The number of hydrogen-bond donors (Lipinski definition) is 8. The fourth-order valence-electron chi connectivity index (χ4n) is 6.68. The maximum absolute atomic E-state index is 10.4. The van der Waals surface area contributed by atoms with Crippen molar-refractivity contribution in [1.29, 1.82) is 0 Å². The fourth-order valence-corrected chi connectivity index (χ4v) is 6.68. The van der Waals surface area contributed by atoms with Crippen LogP contribution in [0.4, 0.5) is 0 Å². The molecule has 0 amide bonds. The minimum Gasteiger partial charge on any atom is -0.390 e. The molecule has 0 spiro atoms. The summed E-state index contributed by atoms with van der Waals surface area (Å²) in [6.45, 7) is 14.8. The lowest BCUT2D eigenvalue weighted by Crippen LogP contribution is -2.67. The molecule has 8 atom stereocenters. The van der Waals surface area contributed by atoms with Crippen LogP contribution in [0.1, 0.15) is 72.4 Å². The second kappa shape index (κ2) is 21.6. The van der Waals surface area contributed by atoms with Crippen LogP contribution >= 0.6 is 0 Å². The second-order valence-electron chi connectivity index (χ2n) is 13.6. The molecule has 1 heterocycles. The van der Waals surface area contributed by atoms with Crippen LogP contribution in [0.3, 0.4) is 0 Å². The first-order valence-corrected chi connectivity index (χ1v) is 18.4.